The maximum Gasteiger partial charge on any atom is 0.119 e. The largest absolute Gasteiger partial charge is 0.491 e. The lowest BCUT2D eigenvalue weighted by molar-refractivity contribution is 0.262. The number of rotatable bonds is 3. The number of benzene rings is 1. The Balaban J connectivity index is 1.58. The Hall–Kier alpha value is -1.02. The highest BCUT2D eigenvalue weighted by Crippen LogP contribution is 2.53. The molecular formula is C14H16O2. The van der Waals surface area contributed by atoms with E-state index in [0.29, 0.717) is 12.7 Å². The molecule has 4 rings (SSSR count). The van der Waals surface area contributed by atoms with E-state index in [9.17, 15) is 0 Å². The van der Waals surface area contributed by atoms with Crippen molar-refractivity contribution in [1.29, 1.82) is 0 Å². The van der Waals surface area contributed by atoms with Gasteiger partial charge in [-0.3, -0.25) is 0 Å². The Kier molecular flexibility index (Phi) is 1.83. The van der Waals surface area contributed by atoms with Crippen LogP contribution >= 0.6 is 0 Å². The van der Waals surface area contributed by atoms with Gasteiger partial charge in [-0.15, -0.1) is 0 Å². The smallest absolute Gasteiger partial charge is 0.119 e. The van der Waals surface area contributed by atoms with Crippen molar-refractivity contribution in [2.45, 2.75) is 37.2 Å². The molecule has 2 aliphatic carbocycles. The van der Waals surface area contributed by atoms with Crippen LogP contribution in [0, 0.1) is 0 Å². The van der Waals surface area contributed by atoms with Crippen LogP contribution in [0.2, 0.25) is 0 Å². The number of hydrogen-bond donors (Lipinski definition) is 0. The summed E-state index contributed by atoms with van der Waals surface area (Å²) in [5.41, 5.74) is 3.15. The zero-order chi connectivity index (χ0) is 10.5. The molecule has 0 N–H and O–H groups in total. The van der Waals surface area contributed by atoms with Crippen LogP contribution in [-0.4, -0.2) is 19.3 Å². The first-order chi connectivity index (χ1) is 7.90. The minimum atomic E-state index is 0.352. The number of ether oxygens (including phenoxy) is 2. The lowest BCUT2D eigenvalue weighted by Crippen LogP contribution is -2.05. The molecule has 2 fully saturated rings. The normalized spacial score (nSPS) is 33.9. The molecule has 3 atom stereocenters. The third-order valence-electron chi connectivity index (χ3n) is 4.21. The predicted molar refractivity (Wildman–Crippen MR) is 61.0 cm³/mol. The summed E-state index contributed by atoms with van der Waals surface area (Å²) >= 11 is 0. The van der Waals surface area contributed by atoms with Gasteiger partial charge in [-0.1, -0.05) is 6.07 Å². The molecule has 2 bridgehead atoms. The monoisotopic (exact) mass is 216 g/mol. The summed E-state index contributed by atoms with van der Waals surface area (Å²) in [6, 6.07) is 6.67. The second-order valence-electron chi connectivity index (χ2n) is 5.26. The van der Waals surface area contributed by atoms with Gasteiger partial charge >= 0.3 is 0 Å². The molecule has 2 nitrogen and oxygen atoms in total. The van der Waals surface area contributed by atoms with Crippen molar-refractivity contribution in [2.75, 3.05) is 13.2 Å². The van der Waals surface area contributed by atoms with Crippen LogP contribution < -0.4 is 4.74 Å². The van der Waals surface area contributed by atoms with Crippen LogP contribution in [0.1, 0.15) is 42.2 Å². The first-order valence-electron chi connectivity index (χ1n) is 6.28. The zero-order valence-electron chi connectivity index (χ0n) is 9.32. The van der Waals surface area contributed by atoms with Gasteiger partial charge in [0.15, 0.2) is 0 Å². The SMILES string of the molecule is c1cc2c(cc1OCC1CO1)C1CCC2C1. The fraction of sp³-hybridized carbons (Fsp3) is 0.571. The molecule has 0 amide bonds. The molecule has 1 saturated heterocycles. The zero-order valence-corrected chi connectivity index (χ0v) is 9.32. The fourth-order valence-corrected chi connectivity index (χ4v) is 3.27. The molecule has 16 heavy (non-hydrogen) atoms. The number of fused-ring (bicyclic) bond motifs is 5. The van der Waals surface area contributed by atoms with Crippen molar-refractivity contribution in [2.24, 2.45) is 0 Å². The van der Waals surface area contributed by atoms with Crippen molar-refractivity contribution >= 4 is 0 Å². The topological polar surface area (TPSA) is 21.8 Å². The highest BCUT2D eigenvalue weighted by atomic mass is 16.6. The summed E-state index contributed by atoms with van der Waals surface area (Å²) in [7, 11) is 0. The van der Waals surface area contributed by atoms with E-state index in [0.717, 1.165) is 24.2 Å². The van der Waals surface area contributed by atoms with E-state index in [1.807, 2.05) is 0 Å². The predicted octanol–water partition coefficient (Wildman–Crippen LogP) is 2.83. The van der Waals surface area contributed by atoms with Crippen LogP contribution in [0.15, 0.2) is 18.2 Å². The summed E-state index contributed by atoms with van der Waals surface area (Å²) in [6.45, 7) is 1.59. The third kappa shape index (κ3) is 1.36. The first-order valence-corrected chi connectivity index (χ1v) is 6.28. The molecule has 1 aromatic carbocycles. The van der Waals surface area contributed by atoms with Crippen LogP contribution in [0.25, 0.3) is 0 Å². The molecule has 84 valence electrons. The Morgan fingerprint density at radius 1 is 1.19 bits per heavy atom. The van der Waals surface area contributed by atoms with E-state index in [-0.39, 0.29) is 0 Å². The van der Waals surface area contributed by atoms with Gasteiger partial charge in [-0.25, -0.2) is 0 Å². The Morgan fingerprint density at radius 2 is 2.00 bits per heavy atom. The third-order valence-corrected chi connectivity index (χ3v) is 4.21. The molecule has 0 spiro atoms. The molecule has 1 saturated carbocycles. The molecule has 1 aliphatic heterocycles. The minimum Gasteiger partial charge on any atom is -0.491 e. The molecule has 2 heteroatoms. The van der Waals surface area contributed by atoms with Crippen molar-refractivity contribution < 1.29 is 9.47 Å². The van der Waals surface area contributed by atoms with Gasteiger partial charge in [-0.05, 0) is 54.4 Å². The van der Waals surface area contributed by atoms with Crippen molar-refractivity contribution in [3.05, 3.63) is 29.3 Å². The van der Waals surface area contributed by atoms with E-state index < -0.39 is 0 Å². The van der Waals surface area contributed by atoms with Crippen molar-refractivity contribution in [1.82, 2.24) is 0 Å². The number of hydrogen-bond acceptors (Lipinski definition) is 2. The average molecular weight is 216 g/mol. The van der Waals surface area contributed by atoms with Crippen LogP contribution in [0.5, 0.6) is 5.75 Å². The lowest BCUT2D eigenvalue weighted by Gasteiger charge is -2.16. The van der Waals surface area contributed by atoms with Crippen LogP contribution in [0.4, 0.5) is 0 Å². The Labute approximate surface area is 95.6 Å². The summed E-state index contributed by atoms with van der Waals surface area (Å²) in [4.78, 5) is 0. The van der Waals surface area contributed by atoms with Crippen LogP contribution in [0.3, 0.4) is 0 Å². The molecule has 0 aromatic heterocycles. The molecule has 3 unspecified atom stereocenters. The van der Waals surface area contributed by atoms with Gasteiger partial charge in [-0.2, -0.15) is 0 Å². The summed E-state index contributed by atoms with van der Waals surface area (Å²) < 4.78 is 10.9. The minimum absolute atomic E-state index is 0.352. The molecular weight excluding hydrogens is 200 g/mol. The van der Waals surface area contributed by atoms with Crippen molar-refractivity contribution in [3.8, 4) is 5.75 Å². The summed E-state index contributed by atoms with van der Waals surface area (Å²) in [6.07, 6.45) is 4.51. The first kappa shape index (κ1) is 9.06. The molecule has 1 heterocycles. The highest BCUT2D eigenvalue weighted by Gasteiger charge is 2.36. The van der Waals surface area contributed by atoms with Crippen molar-refractivity contribution in [3.63, 3.8) is 0 Å². The molecule has 1 aromatic rings. The van der Waals surface area contributed by atoms with Gasteiger partial charge in [0.2, 0.25) is 0 Å². The van der Waals surface area contributed by atoms with Gasteiger partial charge in [0.05, 0.1) is 6.61 Å². The molecule has 0 radical (unpaired) electrons. The highest BCUT2D eigenvalue weighted by molar-refractivity contribution is 5.45. The van der Waals surface area contributed by atoms with Gasteiger partial charge in [0.25, 0.3) is 0 Å². The van der Waals surface area contributed by atoms with E-state index in [2.05, 4.69) is 18.2 Å². The summed E-state index contributed by atoms with van der Waals surface area (Å²) in [5, 5.41) is 0. The van der Waals surface area contributed by atoms with Crippen LogP contribution in [-0.2, 0) is 4.74 Å². The molecule has 3 aliphatic rings. The Morgan fingerprint density at radius 3 is 2.81 bits per heavy atom. The van der Waals surface area contributed by atoms with Gasteiger partial charge in [0.1, 0.15) is 18.5 Å². The average Bonchev–Trinajstić information content (AvgIpc) is 2.93. The second kappa shape index (κ2) is 3.24. The maximum absolute atomic E-state index is 5.74. The van der Waals surface area contributed by atoms with E-state index in [1.54, 1.807) is 11.1 Å². The van der Waals surface area contributed by atoms with E-state index >= 15 is 0 Å². The van der Waals surface area contributed by atoms with Gasteiger partial charge < -0.3 is 9.47 Å². The fourth-order valence-electron chi connectivity index (χ4n) is 3.27. The summed E-state index contributed by atoms with van der Waals surface area (Å²) in [5.74, 6) is 2.70. The standard InChI is InChI=1S/C14H16O2/c1-2-10-5-9(1)13-4-3-11(6-14(10)13)15-7-12-8-16-12/h3-4,6,9-10,12H,1-2,5,7-8H2. The Bertz CT molecular complexity index is 423. The quantitative estimate of drug-likeness (QED) is 0.725. The van der Waals surface area contributed by atoms with Gasteiger partial charge in [0, 0.05) is 0 Å². The van der Waals surface area contributed by atoms with E-state index in [4.69, 9.17) is 9.47 Å². The number of epoxide rings is 1. The maximum atomic E-state index is 5.74. The van der Waals surface area contributed by atoms with E-state index in [1.165, 1.54) is 19.3 Å². The lowest BCUT2D eigenvalue weighted by atomic mass is 9.92. The second-order valence-corrected chi connectivity index (χ2v) is 5.26.